The molecule has 0 bridgehead atoms. The van der Waals surface area contributed by atoms with Crippen molar-refractivity contribution in [3.8, 4) is 0 Å². The van der Waals surface area contributed by atoms with E-state index < -0.39 is 24.1 Å². The number of carbonyl (C=O) groups is 2. The van der Waals surface area contributed by atoms with E-state index >= 15 is 0 Å². The summed E-state index contributed by atoms with van der Waals surface area (Å²) in [7, 11) is 0. The average molecular weight is 286 g/mol. The Hall–Kier alpha value is -2.58. The molecule has 2 aromatic heterocycles. The van der Waals surface area contributed by atoms with E-state index in [1.807, 2.05) is 24.3 Å². The third kappa shape index (κ3) is 8.50. The minimum Gasteiger partial charge on any atom is -0.479 e. The molecule has 110 valence electrons. The van der Waals surface area contributed by atoms with Crippen molar-refractivity contribution < 1.29 is 38.8 Å². The molecule has 8 nitrogen and oxygen atoms in total. The molecule has 2 aromatic rings. The number of rotatable bonds is 3. The van der Waals surface area contributed by atoms with E-state index in [-0.39, 0.29) is 0 Å². The van der Waals surface area contributed by atoms with Crippen LogP contribution in [0.15, 0.2) is 58.2 Å². The molecular formula is C12H14O8. The van der Waals surface area contributed by atoms with Gasteiger partial charge in [-0.2, -0.15) is 0 Å². The summed E-state index contributed by atoms with van der Waals surface area (Å²) in [6.07, 6.45) is 1.97. The normalized spacial score (nSPS) is 11.9. The van der Waals surface area contributed by atoms with Crippen LogP contribution < -0.4 is 0 Å². The van der Waals surface area contributed by atoms with Crippen LogP contribution in [0, 0.1) is 0 Å². The van der Waals surface area contributed by atoms with Crippen LogP contribution in [0.5, 0.6) is 0 Å². The Bertz CT molecular complexity index is 369. The minimum absolute atomic E-state index is 1.62. The predicted octanol–water partition coefficient (Wildman–Crippen LogP) is 0.437. The zero-order valence-electron chi connectivity index (χ0n) is 10.2. The largest absolute Gasteiger partial charge is 0.479 e. The van der Waals surface area contributed by atoms with Crippen LogP contribution in [0.1, 0.15) is 0 Å². The van der Waals surface area contributed by atoms with Gasteiger partial charge >= 0.3 is 11.9 Å². The van der Waals surface area contributed by atoms with Crippen molar-refractivity contribution in [2.24, 2.45) is 0 Å². The molecule has 0 fully saturated rings. The lowest BCUT2D eigenvalue weighted by atomic mass is 10.2. The Balaban J connectivity index is 0.000000298. The maximum atomic E-state index is 9.77. The fourth-order valence-electron chi connectivity index (χ4n) is 0.724. The number of carboxylic acids is 2. The van der Waals surface area contributed by atoms with Gasteiger partial charge in [-0.05, 0) is 24.3 Å². The molecular weight excluding hydrogens is 272 g/mol. The molecule has 0 aliphatic heterocycles. The van der Waals surface area contributed by atoms with E-state index in [9.17, 15) is 9.59 Å². The lowest BCUT2D eigenvalue weighted by Gasteiger charge is -2.07. The standard InChI is InChI=1S/C4H6O6.2C4H4O/c5-1(3(7)8)2(6)4(9)10;2*1-2-4-5-3-1/h1-2,5-6H,(H,7,8)(H,9,10);2*1-4H. The third-order valence-corrected chi connectivity index (χ3v) is 1.66. The Kier molecular flexibility index (Phi) is 9.02. The summed E-state index contributed by atoms with van der Waals surface area (Å²) in [5.74, 6) is -3.54. The molecule has 4 N–H and O–H groups in total. The third-order valence-electron chi connectivity index (χ3n) is 1.66. The second-order valence-corrected chi connectivity index (χ2v) is 3.15. The lowest BCUT2D eigenvalue weighted by molar-refractivity contribution is -0.165. The quantitative estimate of drug-likeness (QED) is 0.636. The number of carboxylic acid groups (broad SMARTS) is 2. The van der Waals surface area contributed by atoms with Crippen LogP contribution in [0.4, 0.5) is 0 Å². The van der Waals surface area contributed by atoms with E-state index in [4.69, 9.17) is 20.4 Å². The maximum Gasteiger partial charge on any atom is 0.335 e. The molecule has 2 unspecified atom stereocenters. The highest BCUT2D eigenvalue weighted by atomic mass is 16.4. The summed E-state index contributed by atoms with van der Waals surface area (Å²) >= 11 is 0. The fraction of sp³-hybridized carbons (Fsp3) is 0.167. The van der Waals surface area contributed by atoms with E-state index in [1.165, 1.54) is 0 Å². The first-order valence-electron chi connectivity index (χ1n) is 5.23. The van der Waals surface area contributed by atoms with Crippen molar-refractivity contribution in [1.82, 2.24) is 0 Å². The van der Waals surface area contributed by atoms with E-state index in [0.717, 1.165) is 0 Å². The topological polar surface area (TPSA) is 141 Å². The number of aliphatic hydroxyl groups excluding tert-OH is 2. The summed E-state index contributed by atoms with van der Waals surface area (Å²) < 4.78 is 9.17. The van der Waals surface area contributed by atoms with Crippen molar-refractivity contribution >= 4 is 11.9 Å². The van der Waals surface area contributed by atoms with Crippen molar-refractivity contribution in [1.29, 1.82) is 0 Å². The molecule has 2 heterocycles. The Morgan fingerprint density at radius 3 is 1.05 bits per heavy atom. The van der Waals surface area contributed by atoms with Gasteiger partial charge in [-0.15, -0.1) is 0 Å². The van der Waals surface area contributed by atoms with Crippen molar-refractivity contribution in [3.05, 3.63) is 49.3 Å². The lowest BCUT2D eigenvalue weighted by Crippen LogP contribution is -2.39. The molecule has 8 heteroatoms. The SMILES string of the molecule is O=C(O)C(O)C(O)C(=O)O.c1ccoc1.c1ccoc1. The Labute approximate surface area is 113 Å². The van der Waals surface area contributed by atoms with Gasteiger partial charge in [0.2, 0.25) is 0 Å². The predicted molar refractivity (Wildman–Crippen MR) is 64.7 cm³/mol. The van der Waals surface area contributed by atoms with Gasteiger partial charge in [0.05, 0.1) is 25.1 Å². The highest BCUT2D eigenvalue weighted by molar-refractivity contribution is 5.83. The van der Waals surface area contributed by atoms with Crippen LogP contribution in [0.2, 0.25) is 0 Å². The molecule has 20 heavy (non-hydrogen) atoms. The molecule has 0 amide bonds. The molecule has 2 atom stereocenters. The molecule has 0 aliphatic rings. The van der Waals surface area contributed by atoms with Gasteiger partial charge in [0.25, 0.3) is 0 Å². The summed E-state index contributed by atoms with van der Waals surface area (Å²) in [5.41, 5.74) is 0. The minimum atomic E-state index is -2.27. The summed E-state index contributed by atoms with van der Waals surface area (Å²) in [6.45, 7) is 0. The van der Waals surface area contributed by atoms with Crippen molar-refractivity contribution in [2.45, 2.75) is 12.2 Å². The van der Waals surface area contributed by atoms with Crippen LogP contribution >= 0.6 is 0 Å². The second-order valence-electron chi connectivity index (χ2n) is 3.15. The number of aliphatic carboxylic acids is 2. The summed E-state index contributed by atoms with van der Waals surface area (Å²) in [4.78, 5) is 19.5. The summed E-state index contributed by atoms with van der Waals surface area (Å²) in [6, 6.07) is 7.33. The Morgan fingerprint density at radius 1 is 0.700 bits per heavy atom. The van der Waals surface area contributed by atoms with Crippen LogP contribution in [-0.2, 0) is 9.59 Å². The zero-order chi connectivity index (χ0) is 15.4. The first-order valence-corrected chi connectivity index (χ1v) is 5.23. The van der Waals surface area contributed by atoms with Crippen molar-refractivity contribution in [2.75, 3.05) is 0 Å². The van der Waals surface area contributed by atoms with Gasteiger partial charge < -0.3 is 29.3 Å². The molecule has 0 aromatic carbocycles. The average Bonchev–Trinajstić information content (AvgIpc) is 3.12. The van der Waals surface area contributed by atoms with E-state index in [1.54, 1.807) is 25.1 Å². The van der Waals surface area contributed by atoms with Gasteiger partial charge in [0, 0.05) is 0 Å². The maximum absolute atomic E-state index is 9.77. The highest BCUT2D eigenvalue weighted by Gasteiger charge is 2.29. The van der Waals surface area contributed by atoms with Gasteiger partial charge in [0.1, 0.15) is 0 Å². The summed E-state index contributed by atoms with van der Waals surface area (Å²) in [5, 5.41) is 32.5. The van der Waals surface area contributed by atoms with E-state index in [2.05, 4.69) is 8.83 Å². The van der Waals surface area contributed by atoms with Crippen molar-refractivity contribution in [3.63, 3.8) is 0 Å². The second kappa shape index (κ2) is 10.4. The molecule has 2 rings (SSSR count). The van der Waals surface area contributed by atoms with Crippen LogP contribution in [0.3, 0.4) is 0 Å². The molecule has 0 radical (unpaired) electrons. The van der Waals surface area contributed by atoms with Gasteiger partial charge in [-0.3, -0.25) is 0 Å². The molecule has 0 saturated carbocycles. The smallest absolute Gasteiger partial charge is 0.335 e. The molecule has 0 saturated heterocycles. The fourth-order valence-corrected chi connectivity index (χ4v) is 0.724. The monoisotopic (exact) mass is 286 g/mol. The molecule has 0 aliphatic carbocycles. The van der Waals surface area contributed by atoms with Crippen LogP contribution in [-0.4, -0.2) is 44.6 Å². The first kappa shape index (κ1) is 17.4. The molecule has 0 spiro atoms. The van der Waals surface area contributed by atoms with Gasteiger partial charge in [0.15, 0.2) is 12.2 Å². The zero-order valence-corrected chi connectivity index (χ0v) is 10.2. The number of furan rings is 2. The Morgan fingerprint density at radius 2 is 0.950 bits per heavy atom. The van der Waals surface area contributed by atoms with Gasteiger partial charge in [-0.1, -0.05) is 0 Å². The van der Waals surface area contributed by atoms with Gasteiger partial charge in [-0.25, -0.2) is 9.59 Å². The van der Waals surface area contributed by atoms with Crippen LogP contribution in [0.25, 0.3) is 0 Å². The first-order chi connectivity index (χ1) is 9.46. The highest BCUT2D eigenvalue weighted by Crippen LogP contribution is 1.92. The number of aliphatic hydroxyl groups is 2. The number of hydrogen-bond acceptors (Lipinski definition) is 6. The number of hydrogen-bond donors (Lipinski definition) is 4. The van der Waals surface area contributed by atoms with E-state index in [0.29, 0.717) is 0 Å².